The van der Waals surface area contributed by atoms with Crippen molar-refractivity contribution in [1.82, 2.24) is 35.1 Å². The molecule has 15 heteroatoms. The van der Waals surface area contributed by atoms with E-state index in [4.69, 9.17) is 10.5 Å². The van der Waals surface area contributed by atoms with Gasteiger partial charge in [0, 0.05) is 24.2 Å². The Labute approximate surface area is 316 Å². The first-order valence-corrected chi connectivity index (χ1v) is 18.1. The number of benzene rings is 3. The van der Waals surface area contributed by atoms with Gasteiger partial charge in [-0.05, 0) is 61.4 Å². The molecule has 2 saturated heterocycles. The van der Waals surface area contributed by atoms with E-state index in [1.165, 1.54) is 13.2 Å². The third-order valence-electron chi connectivity index (χ3n) is 10.1. The molecule has 4 amide bonds. The van der Waals surface area contributed by atoms with Gasteiger partial charge in [0.2, 0.25) is 12.0 Å². The Bertz CT molecular complexity index is 2190. The summed E-state index contributed by atoms with van der Waals surface area (Å²) in [6, 6.07) is 20.0. The van der Waals surface area contributed by atoms with E-state index >= 15 is 4.39 Å². The standard InChI is InChI=1S/C40H41FN8O6/c1-23(45-40(53)54-2)37(50)48-18-6-10-32(48)36-44-22-31(47-36)28-17-16-27(20-29(28)41)24-12-14-25(15-13-24)30-21-43-35(46-30)33-11-7-19-49(33)38(51)34(55-39(42)52)26-8-4-3-5-9-26/h3-5,8-9,12-17,20-23,32-34H,6-7,10-11,18-19H2,1-2H3,(H2,42,52)(H,43,46)(H,44,47)(H,45,53)/t23-,32-,33-,34+/m0/s1. The lowest BCUT2D eigenvalue weighted by atomic mass is 10.0. The van der Waals surface area contributed by atoms with Crippen molar-refractivity contribution in [3.8, 4) is 33.6 Å². The fraction of sp³-hybridized carbons (Fsp3) is 0.300. The summed E-state index contributed by atoms with van der Waals surface area (Å²) >= 11 is 0. The average molecular weight is 749 g/mol. The number of hydrogen-bond donors (Lipinski definition) is 4. The molecule has 0 bridgehead atoms. The van der Waals surface area contributed by atoms with Crippen molar-refractivity contribution >= 4 is 24.0 Å². The van der Waals surface area contributed by atoms with Crippen LogP contribution < -0.4 is 11.1 Å². The number of H-pyrrole nitrogens is 2. The number of carbonyl (C=O) groups excluding carboxylic acids is 4. The summed E-state index contributed by atoms with van der Waals surface area (Å²) in [4.78, 5) is 69.1. The second-order valence-corrected chi connectivity index (χ2v) is 13.6. The number of likely N-dealkylation sites (tertiary alicyclic amines) is 2. The molecule has 2 aromatic heterocycles. The summed E-state index contributed by atoms with van der Waals surface area (Å²) in [6.07, 6.45) is 3.30. The van der Waals surface area contributed by atoms with Crippen LogP contribution in [0.4, 0.5) is 14.0 Å². The maximum Gasteiger partial charge on any atom is 0.407 e. The molecular weight excluding hydrogens is 707 g/mol. The monoisotopic (exact) mass is 748 g/mol. The number of alkyl carbamates (subject to hydrolysis) is 1. The van der Waals surface area contributed by atoms with Crippen molar-refractivity contribution in [2.75, 3.05) is 20.2 Å². The lowest BCUT2D eigenvalue weighted by Gasteiger charge is -2.27. The summed E-state index contributed by atoms with van der Waals surface area (Å²) in [5, 5.41) is 2.51. The average Bonchev–Trinajstić information content (AvgIpc) is 4.03. The van der Waals surface area contributed by atoms with E-state index in [9.17, 15) is 19.2 Å². The van der Waals surface area contributed by atoms with Gasteiger partial charge in [0.25, 0.3) is 5.91 Å². The molecule has 2 aliphatic rings. The third kappa shape index (κ3) is 7.77. The lowest BCUT2D eigenvalue weighted by molar-refractivity contribution is -0.141. The second kappa shape index (κ2) is 15.8. The normalized spacial score (nSPS) is 17.8. The van der Waals surface area contributed by atoms with E-state index in [2.05, 4.69) is 30.0 Å². The van der Waals surface area contributed by atoms with Gasteiger partial charge in [0.05, 0.1) is 43.0 Å². The number of amides is 4. The summed E-state index contributed by atoms with van der Waals surface area (Å²) in [6.45, 7) is 2.60. The highest BCUT2D eigenvalue weighted by molar-refractivity contribution is 5.86. The topological polar surface area (TPSA) is 189 Å². The first-order valence-electron chi connectivity index (χ1n) is 18.1. The molecule has 3 aromatic carbocycles. The van der Waals surface area contributed by atoms with Gasteiger partial charge in [0.1, 0.15) is 23.5 Å². The molecule has 0 saturated carbocycles. The number of nitrogens with two attached hydrogens (primary N) is 1. The third-order valence-corrected chi connectivity index (χ3v) is 10.1. The van der Waals surface area contributed by atoms with Gasteiger partial charge >= 0.3 is 12.2 Å². The Balaban J connectivity index is 1.02. The molecule has 55 heavy (non-hydrogen) atoms. The van der Waals surface area contributed by atoms with Crippen LogP contribution in [-0.4, -0.2) is 80.0 Å². The van der Waals surface area contributed by atoms with Crippen molar-refractivity contribution < 1.29 is 33.0 Å². The minimum absolute atomic E-state index is 0.251. The molecule has 7 rings (SSSR count). The predicted molar refractivity (Wildman–Crippen MR) is 199 cm³/mol. The predicted octanol–water partition coefficient (Wildman–Crippen LogP) is 6.18. The highest BCUT2D eigenvalue weighted by atomic mass is 19.1. The Morgan fingerprint density at radius 2 is 1.40 bits per heavy atom. The Morgan fingerprint density at radius 1 is 0.818 bits per heavy atom. The second-order valence-electron chi connectivity index (χ2n) is 13.6. The molecular formula is C40H41FN8O6. The molecule has 5 aromatic rings. The minimum Gasteiger partial charge on any atom is -0.453 e. The van der Waals surface area contributed by atoms with Crippen molar-refractivity contribution in [3.05, 3.63) is 108 Å². The van der Waals surface area contributed by atoms with Gasteiger partial charge < -0.3 is 40.3 Å². The van der Waals surface area contributed by atoms with E-state index in [1.54, 1.807) is 59.4 Å². The molecule has 284 valence electrons. The Morgan fingerprint density at radius 3 is 2.02 bits per heavy atom. The van der Waals surface area contributed by atoms with Crippen molar-refractivity contribution in [2.45, 2.75) is 56.8 Å². The lowest BCUT2D eigenvalue weighted by Crippen LogP contribution is -2.46. The molecule has 0 radical (unpaired) electrons. The maximum absolute atomic E-state index is 15.6. The zero-order valence-electron chi connectivity index (χ0n) is 30.3. The van der Waals surface area contributed by atoms with Gasteiger partial charge in [-0.3, -0.25) is 9.59 Å². The SMILES string of the molecule is COC(=O)N[C@@H](C)C(=O)N1CCC[C@H]1c1ncc(-c2ccc(-c3ccc(-c4cnc([C@@H]5CCCN5C(=O)[C@H](OC(N)=O)c5ccccc5)[nH]4)cc3)cc2F)[nH]1. The van der Waals surface area contributed by atoms with Crippen LogP contribution in [-0.2, 0) is 19.1 Å². The van der Waals surface area contributed by atoms with E-state index in [1.807, 2.05) is 36.4 Å². The molecule has 0 spiro atoms. The first-order chi connectivity index (χ1) is 26.6. The van der Waals surface area contributed by atoms with Crippen molar-refractivity contribution in [1.29, 1.82) is 0 Å². The number of halogens is 1. The molecule has 2 aliphatic heterocycles. The van der Waals surface area contributed by atoms with Crippen LogP contribution in [0.5, 0.6) is 0 Å². The molecule has 2 fully saturated rings. The van der Waals surface area contributed by atoms with Crippen molar-refractivity contribution in [3.63, 3.8) is 0 Å². The number of primary amides is 1. The van der Waals surface area contributed by atoms with Crippen LogP contribution in [0.1, 0.15) is 68.0 Å². The quantitative estimate of drug-likeness (QED) is 0.130. The first kappa shape index (κ1) is 36.8. The summed E-state index contributed by atoms with van der Waals surface area (Å²) in [7, 11) is 1.24. The Hall–Kier alpha value is -6.51. The fourth-order valence-corrected chi connectivity index (χ4v) is 7.38. The molecule has 0 unspecified atom stereocenters. The number of aromatic nitrogens is 4. The van der Waals surface area contributed by atoms with Crippen LogP contribution in [0.15, 0.2) is 85.2 Å². The van der Waals surface area contributed by atoms with Gasteiger partial charge in [0.15, 0.2) is 0 Å². The number of rotatable bonds is 10. The van der Waals surface area contributed by atoms with Gasteiger partial charge in [-0.1, -0.05) is 60.7 Å². The number of nitrogens with one attached hydrogen (secondary N) is 3. The number of imidazole rings is 2. The molecule has 0 aliphatic carbocycles. The largest absolute Gasteiger partial charge is 0.453 e. The zero-order chi connectivity index (χ0) is 38.6. The number of methoxy groups -OCH3 is 1. The van der Waals surface area contributed by atoms with Gasteiger partial charge in [-0.25, -0.2) is 23.9 Å². The van der Waals surface area contributed by atoms with Gasteiger partial charge in [-0.2, -0.15) is 0 Å². The summed E-state index contributed by atoms with van der Waals surface area (Å²) in [5.74, 6) is 0.116. The van der Waals surface area contributed by atoms with Crippen LogP contribution in [0.25, 0.3) is 33.6 Å². The number of nitrogens with zero attached hydrogens (tertiary/aromatic N) is 4. The maximum atomic E-state index is 15.6. The minimum atomic E-state index is -1.16. The smallest absolute Gasteiger partial charge is 0.407 e. The van der Waals surface area contributed by atoms with Crippen molar-refractivity contribution in [2.24, 2.45) is 5.73 Å². The highest BCUT2D eigenvalue weighted by Crippen LogP contribution is 2.36. The van der Waals surface area contributed by atoms with E-state index in [-0.39, 0.29) is 23.9 Å². The van der Waals surface area contributed by atoms with Crippen LogP contribution in [0.3, 0.4) is 0 Å². The molecule has 4 heterocycles. The summed E-state index contributed by atoms with van der Waals surface area (Å²) in [5.41, 5.74) is 9.79. The molecule has 5 N–H and O–H groups in total. The fourth-order valence-electron chi connectivity index (χ4n) is 7.38. The number of ether oxygens (including phenoxy) is 2. The number of hydrogen-bond acceptors (Lipinski definition) is 8. The number of carbonyl (C=O) groups is 4. The Kier molecular flexibility index (Phi) is 10.6. The highest BCUT2D eigenvalue weighted by Gasteiger charge is 2.38. The van der Waals surface area contributed by atoms with E-state index in [0.29, 0.717) is 60.0 Å². The molecule has 4 atom stereocenters. The van der Waals surface area contributed by atoms with Crippen LogP contribution >= 0.6 is 0 Å². The zero-order valence-corrected chi connectivity index (χ0v) is 30.3. The summed E-state index contributed by atoms with van der Waals surface area (Å²) < 4.78 is 25.5. The van der Waals surface area contributed by atoms with Crippen LogP contribution in [0, 0.1) is 5.82 Å². The van der Waals surface area contributed by atoms with Crippen LogP contribution in [0.2, 0.25) is 0 Å². The number of aromatic amines is 2. The molecule has 14 nitrogen and oxygen atoms in total. The van der Waals surface area contributed by atoms with E-state index < -0.39 is 30.1 Å². The van der Waals surface area contributed by atoms with E-state index in [0.717, 1.165) is 29.7 Å². The van der Waals surface area contributed by atoms with Gasteiger partial charge in [-0.15, -0.1) is 0 Å².